The first kappa shape index (κ1) is 25.5. The molecule has 4 nitrogen and oxygen atoms in total. The SMILES string of the molecule is CCCCC/C=C\C/C=C\C/C=C\C/C=C\CCCC(=O)C(O)(CO)CO. The zero-order valence-electron chi connectivity index (χ0n) is 16.9. The van der Waals surface area contributed by atoms with Crippen molar-refractivity contribution >= 4 is 5.78 Å². The molecule has 0 atom stereocenters. The van der Waals surface area contributed by atoms with Gasteiger partial charge in [0.25, 0.3) is 0 Å². The van der Waals surface area contributed by atoms with Crippen LogP contribution in [0.1, 0.15) is 71.1 Å². The smallest absolute Gasteiger partial charge is 0.169 e. The highest BCUT2D eigenvalue weighted by atomic mass is 16.4. The van der Waals surface area contributed by atoms with Gasteiger partial charge in [-0.3, -0.25) is 4.79 Å². The third-order valence-corrected chi connectivity index (χ3v) is 4.27. The fraction of sp³-hybridized carbons (Fsp3) is 0.609. The monoisotopic (exact) mass is 378 g/mol. The number of rotatable bonds is 17. The van der Waals surface area contributed by atoms with E-state index >= 15 is 0 Å². The van der Waals surface area contributed by atoms with Gasteiger partial charge >= 0.3 is 0 Å². The van der Waals surface area contributed by atoms with Gasteiger partial charge in [-0.2, -0.15) is 0 Å². The molecule has 0 aliphatic heterocycles. The maximum Gasteiger partial charge on any atom is 0.169 e. The molecule has 0 unspecified atom stereocenters. The number of carbonyl (C=O) groups is 1. The predicted molar refractivity (Wildman–Crippen MR) is 113 cm³/mol. The Hall–Kier alpha value is -1.49. The summed E-state index contributed by atoms with van der Waals surface area (Å²) >= 11 is 0. The number of hydrogen-bond acceptors (Lipinski definition) is 4. The second-order valence-corrected chi connectivity index (χ2v) is 6.75. The fourth-order valence-corrected chi connectivity index (χ4v) is 2.40. The Labute approximate surface area is 165 Å². The quantitative estimate of drug-likeness (QED) is 0.259. The largest absolute Gasteiger partial charge is 0.393 e. The molecule has 0 aliphatic rings. The number of Topliss-reactive ketones (excluding diaryl/α,β-unsaturated/α-hetero) is 1. The highest BCUT2D eigenvalue weighted by Crippen LogP contribution is 2.10. The minimum Gasteiger partial charge on any atom is -0.393 e. The Bertz CT molecular complexity index is 471. The van der Waals surface area contributed by atoms with Crippen LogP contribution in [0, 0.1) is 0 Å². The molecular formula is C23H38O4. The molecule has 0 aromatic heterocycles. The van der Waals surface area contributed by atoms with Crippen LogP contribution in [0.3, 0.4) is 0 Å². The van der Waals surface area contributed by atoms with E-state index in [9.17, 15) is 9.90 Å². The Morgan fingerprint density at radius 2 is 1.19 bits per heavy atom. The van der Waals surface area contributed by atoms with Gasteiger partial charge in [-0.1, -0.05) is 68.4 Å². The summed E-state index contributed by atoms with van der Waals surface area (Å²) in [6.07, 6.45) is 26.5. The lowest BCUT2D eigenvalue weighted by atomic mass is 9.96. The zero-order valence-corrected chi connectivity index (χ0v) is 16.9. The molecule has 0 aromatic rings. The molecule has 0 heterocycles. The molecule has 0 rings (SSSR count). The normalized spacial score (nSPS) is 13.0. The predicted octanol–water partition coefficient (Wildman–Crippen LogP) is 4.42. The summed E-state index contributed by atoms with van der Waals surface area (Å²) in [5.74, 6) is -0.511. The van der Waals surface area contributed by atoms with Crippen molar-refractivity contribution in [2.75, 3.05) is 13.2 Å². The number of carbonyl (C=O) groups excluding carboxylic acids is 1. The van der Waals surface area contributed by atoms with Crippen molar-refractivity contribution in [3.05, 3.63) is 48.6 Å². The van der Waals surface area contributed by atoms with Crippen LogP contribution in [0.15, 0.2) is 48.6 Å². The molecule has 0 aromatic carbocycles. The van der Waals surface area contributed by atoms with E-state index in [1.165, 1.54) is 25.7 Å². The minimum absolute atomic E-state index is 0.148. The third kappa shape index (κ3) is 14.3. The van der Waals surface area contributed by atoms with Gasteiger partial charge in [-0.15, -0.1) is 0 Å². The maximum absolute atomic E-state index is 11.7. The van der Waals surface area contributed by atoms with Crippen molar-refractivity contribution in [1.29, 1.82) is 0 Å². The summed E-state index contributed by atoms with van der Waals surface area (Å²) in [5, 5.41) is 27.5. The summed E-state index contributed by atoms with van der Waals surface area (Å²) in [5.41, 5.74) is -2.00. The summed E-state index contributed by atoms with van der Waals surface area (Å²) in [7, 11) is 0. The molecule has 0 fully saturated rings. The molecule has 0 saturated carbocycles. The van der Waals surface area contributed by atoms with E-state index in [0.29, 0.717) is 6.42 Å². The third-order valence-electron chi connectivity index (χ3n) is 4.27. The van der Waals surface area contributed by atoms with E-state index in [1.54, 1.807) is 0 Å². The lowest BCUT2D eigenvalue weighted by Crippen LogP contribution is -2.45. The average molecular weight is 379 g/mol. The van der Waals surface area contributed by atoms with Gasteiger partial charge in [0.05, 0.1) is 13.2 Å². The average Bonchev–Trinajstić information content (AvgIpc) is 2.69. The van der Waals surface area contributed by atoms with Crippen LogP contribution in [-0.4, -0.2) is 39.9 Å². The summed E-state index contributed by atoms with van der Waals surface area (Å²) < 4.78 is 0. The van der Waals surface area contributed by atoms with E-state index in [4.69, 9.17) is 10.2 Å². The van der Waals surface area contributed by atoms with E-state index < -0.39 is 24.6 Å². The fourth-order valence-electron chi connectivity index (χ4n) is 2.40. The second-order valence-electron chi connectivity index (χ2n) is 6.75. The van der Waals surface area contributed by atoms with Crippen molar-refractivity contribution in [3.8, 4) is 0 Å². The van der Waals surface area contributed by atoms with Gasteiger partial charge in [0, 0.05) is 6.42 Å². The highest BCUT2D eigenvalue weighted by molar-refractivity contribution is 5.87. The second kappa shape index (κ2) is 17.9. The van der Waals surface area contributed by atoms with Crippen LogP contribution in [-0.2, 0) is 4.79 Å². The molecule has 27 heavy (non-hydrogen) atoms. The van der Waals surface area contributed by atoms with Gasteiger partial charge in [-0.05, 0) is 44.9 Å². The van der Waals surface area contributed by atoms with Gasteiger partial charge < -0.3 is 15.3 Å². The minimum atomic E-state index is -2.00. The molecule has 0 saturated heterocycles. The number of hydrogen-bond donors (Lipinski definition) is 3. The molecule has 154 valence electrons. The standard InChI is InChI=1S/C23H38O4/c1-2-3-4-5-6-7-8-9-10-11-12-13-14-15-16-17-18-19-22(26)23(27,20-24)21-25/h6-7,9-10,12-13,15-16,24-25,27H,2-5,8,11,14,17-21H2,1H3/b7-6-,10-9-,13-12-,16-15-. The van der Waals surface area contributed by atoms with Crippen LogP contribution in [0.25, 0.3) is 0 Å². The molecule has 3 N–H and O–H groups in total. The first-order chi connectivity index (χ1) is 13.1. The Morgan fingerprint density at radius 3 is 1.63 bits per heavy atom. The Kier molecular flexibility index (Phi) is 16.9. The van der Waals surface area contributed by atoms with Crippen LogP contribution in [0.5, 0.6) is 0 Å². The van der Waals surface area contributed by atoms with Crippen LogP contribution in [0.4, 0.5) is 0 Å². The molecule has 0 spiro atoms. The van der Waals surface area contributed by atoms with E-state index in [2.05, 4.69) is 43.4 Å². The molecule has 0 amide bonds. The van der Waals surface area contributed by atoms with Crippen molar-refractivity contribution in [1.82, 2.24) is 0 Å². The van der Waals surface area contributed by atoms with E-state index in [-0.39, 0.29) is 6.42 Å². The van der Waals surface area contributed by atoms with Gasteiger partial charge in [0.2, 0.25) is 0 Å². The summed E-state index contributed by atoms with van der Waals surface area (Å²) in [4.78, 5) is 11.7. The Morgan fingerprint density at radius 1 is 0.741 bits per heavy atom. The van der Waals surface area contributed by atoms with Crippen LogP contribution >= 0.6 is 0 Å². The summed E-state index contributed by atoms with van der Waals surface area (Å²) in [6.45, 7) is 0.734. The van der Waals surface area contributed by atoms with Gasteiger partial charge in [0.1, 0.15) is 0 Å². The molecule has 0 aliphatic carbocycles. The topological polar surface area (TPSA) is 77.8 Å². The lowest BCUT2D eigenvalue weighted by molar-refractivity contribution is -0.146. The lowest BCUT2D eigenvalue weighted by Gasteiger charge is -2.21. The van der Waals surface area contributed by atoms with Gasteiger partial charge in [0.15, 0.2) is 11.4 Å². The Balaban J connectivity index is 3.66. The number of unbranched alkanes of at least 4 members (excludes halogenated alkanes) is 4. The zero-order chi connectivity index (χ0) is 20.2. The highest BCUT2D eigenvalue weighted by Gasteiger charge is 2.33. The number of aliphatic hydroxyl groups excluding tert-OH is 2. The summed E-state index contributed by atoms with van der Waals surface area (Å²) in [6, 6.07) is 0. The maximum atomic E-state index is 11.7. The number of ketones is 1. The van der Waals surface area contributed by atoms with Crippen molar-refractivity contribution in [3.63, 3.8) is 0 Å². The van der Waals surface area contributed by atoms with E-state index in [1.807, 2.05) is 12.2 Å². The van der Waals surface area contributed by atoms with E-state index in [0.717, 1.165) is 25.7 Å². The van der Waals surface area contributed by atoms with Crippen LogP contribution in [0.2, 0.25) is 0 Å². The first-order valence-electron chi connectivity index (χ1n) is 10.2. The van der Waals surface area contributed by atoms with Crippen molar-refractivity contribution in [2.24, 2.45) is 0 Å². The number of aliphatic hydroxyl groups is 3. The molecule has 0 bridgehead atoms. The molecular weight excluding hydrogens is 340 g/mol. The van der Waals surface area contributed by atoms with Crippen molar-refractivity contribution < 1.29 is 20.1 Å². The van der Waals surface area contributed by atoms with Crippen LogP contribution < -0.4 is 0 Å². The van der Waals surface area contributed by atoms with Crippen molar-refractivity contribution in [2.45, 2.75) is 76.7 Å². The molecule has 0 radical (unpaired) electrons. The van der Waals surface area contributed by atoms with Gasteiger partial charge in [-0.25, -0.2) is 0 Å². The number of allylic oxidation sites excluding steroid dienone is 8. The first-order valence-corrected chi connectivity index (χ1v) is 10.2. The molecule has 4 heteroatoms.